The Labute approximate surface area is 190 Å². The van der Waals surface area contributed by atoms with E-state index in [1.807, 2.05) is 18.2 Å². The van der Waals surface area contributed by atoms with Gasteiger partial charge >= 0.3 is 0 Å². The van der Waals surface area contributed by atoms with E-state index < -0.39 is 0 Å². The van der Waals surface area contributed by atoms with Crippen LogP contribution in [0.15, 0.2) is 42.5 Å². The van der Waals surface area contributed by atoms with Gasteiger partial charge in [0, 0.05) is 62.6 Å². The zero-order valence-corrected chi connectivity index (χ0v) is 19.0. The van der Waals surface area contributed by atoms with Crippen molar-refractivity contribution in [2.24, 2.45) is 0 Å². The number of likely N-dealkylation sites (N-methyl/N-ethyl adjacent to an activating group) is 1. The zero-order chi connectivity index (χ0) is 22.1. The molecule has 4 nitrogen and oxygen atoms in total. The predicted octanol–water partition coefficient (Wildman–Crippen LogP) is 4.30. The van der Waals surface area contributed by atoms with Crippen LogP contribution < -0.4 is 4.90 Å². The fraction of sp³-hybridized carbons (Fsp3) is 0.538. The number of likely N-dealkylation sites (tertiary alicyclic amines) is 1. The average Bonchev–Trinajstić information content (AvgIpc) is 3.11. The molecule has 0 amide bonds. The second-order valence-corrected chi connectivity index (χ2v) is 9.66. The third-order valence-electron chi connectivity index (χ3n) is 7.54. The van der Waals surface area contributed by atoms with Crippen LogP contribution in [-0.4, -0.2) is 80.1 Å². The highest BCUT2D eigenvalue weighted by Crippen LogP contribution is 2.48. The monoisotopic (exact) mass is 440 g/mol. The highest BCUT2D eigenvalue weighted by atomic mass is 19.1. The molecule has 0 saturated carbocycles. The van der Waals surface area contributed by atoms with Gasteiger partial charge in [0.1, 0.15) is 11.6 Å². The van der Waals surface area contributed by atoms with E-state index in [9.17, 15) is 8.78 Å². The maximum atomic E-state index is 14.2. The lowest BCUT2D eigenvalue weighted by molar-refractivity contribution is 0.147. The van der Waals surface area contributed by atoms with Crippen LogP contribution in [0, 0.1) is 11.6 Å². The topological polar surface area (TPSA) is 13.0 Å². The normalized spacial score (nSPS) is 24.5. The van der Waals surface area contributed by atoms with Crippen LogP contribution in [0.1, 0.15) is 30.7 Å². The first-order valence-electron chi connectivity index (χ1n) is 12.1. The molecule has 3 heterocycles. The van der Waals surface area contributed by atoms with E-state index in [1.54, 1.807) is 12.1 Å². The molecule has 2 aromatic rings. The van der Waals surface area contributed by atoms with Crippen molar-refractivity contribution < 1.29 is 8.78 Å². The van der Waals surface area contributed by atoms with Gasteiger partial charge in [0.25, 0.3) is 0 Å². The summed E-state index contributed by atoms with van der Waals surface area (Å²) in [5, 5.41) is 0. The van der Waals surface area contributed by atoms with Gasteiger partial charge in [-0.05, 0) is 87.4 Å². The van der Waals surface area contributed by atoms with Crippen molar-refractivity contribution in [1.82, 2.24) is 14.7 Å². The largest absolute Gasteiger partial charge is 0.337 e. The summed E-state index contributed by atoms with van der Waals surface area (Å²) >= 11 is 0. The molecule has 2 aromatic carbocycles. The molecule has 0 bridgehead atoms. The molecule has 0 N–H and O–H groups in total. The highest BCUT2D eigenvalue weighted by Gasteiger charge is 2.42. The Kier molecular flexibility index (Phi) is 6.44. The van der Waals surface area contributed by atoms with Crippen molar-refractivity contribution in [2.45, 2.75) is 31.2 Å². The molecule has 0 spiro atoms. The smallest absolute Gasteiger partial charge is 0.123 e. The molecule has 3 aliphatic heterocycles. The van der Waals surface area contributed by atoms with Crippen LogP contribution in [0.3, 0.4) is 0 Å². The van der Waals surface area contributed by atoms with Crippen LogP contribution in [0.4, 0.5) is 20.2 Å². The first kappa shape index (κ1) is 21.8. The summed E-state index contributed by atoms with van der Waals surface area (Å²) in [7, 11) is 2.20. The van der Waals surface area contributed by atoms with Gasteiger partial charge in [-0.15, -0.1) is 0 Å². The Morgan fingerprint density at radius 1 is 0.812 bits per heavy atom. The molecule has 0 aliphatic carbocycles. The van der Waals surface area contributed by atoms with E-state index in [0.717, 1.165) is 43.0 Å². The summed E-state index contributed by atoms with van der Waals surface area (Å²) in [5.74, 6) is -0.111. The molecular weight excluding hydrogens is 406 g/mol. The van der Waals surface area contributed by atoms with Gasteiger partial charge < -0.3 is 19.6 Å². The van der Waals surface area contributed by atoms with E-state index in [4.69, 9.17) is 0 Å². The summed E-state index contributed by atoms with van der Waals surface area (Å²) in [5.41, 5.74) is 3.17. The zero-order valence-electron chi connectivity index (χ0n) is 19.0. The third kappa shape index (κ3) is 4.54. The Hall–Kier alpha value is -2.02. The van der Waals surface area contributed by atoms with Crippen LogP contribution in [-0.2, 0) is 0 Å². The Bertz CT molecular complexity index is 911. The summed E-state index contributed by atoms with van der Waals surface area (Å²) in [4.78, 5) is 9.86. The Morgan fingerprint density at radius 2 is 1.50 bits per heavy atom. The molecule has 0 aromatic heterocycles. The number of benzene rings is 2. The van der Waals surface area contributed by atoms with Gasteiger partial charge in [0.05, 0.1) is 0 Å². The van der Waals surface area contributed by atoms with E-state index in [1.165, 1.54) is 57.7 Å². The van der Waals surface area contributed by atoms with Crippen molar-refractivity contribution in [3.05, 3.63) is 59.7 Å². The minimum Gasteiger partial charge on any atom is -0.337 e. The first-order valence-corrected chi connectivity index (χ1v) is 12.1. The van der Waals surface area contributed by atoms with Crippen LogP contribution in [0.5, 0.6) is 0 Å². The number of anilines is 2. The fourth-order valence-electron chi connectivity index (χ4n) is 5.72. The number of fused-ring (bicyclic) bond motifs is 3. The lowest BCUT2D eigenvalue weighted by Crippen LogP contribution is -2.45. The fourth-order valence-corrected chi connectivity index (χ4v) is 5.72. The SMILES string of the molecule is CN1CCN(CCCCN2CC[C@@H]3[C@@H](C2)c2cc(F)ccc2N3c2ccc(F)cc2)CC1. The second-order valence-electron chi connectivity index (χ2n) is 9.66. The molecule has 2 fully saturated rings. The van der Waals surface area contributed by atoms with E-state index in [0.29, 0.717) is 6.04 Å². The van der Waals surface area contributed by atoms with Crippen molar-refractivity contribution in [2.75, 3.05) is 64.3 Å². The number of hydrogen-bond acceptors (Lipinski definition) is 4. The lowest BCUT2D eigenvalue weighted by atomic mass is 9.89. The van der Waals surface area contributed by atoms with Crippen LogP contribution >= 0.6 is 0 Å². The summed E-state index contributed by atoms with van der Waals surface area (Å²) in [6, 6.07) is 12.2. The van der Waals surface area contributed by atoms with Gasteiger partial charge in [-0.1, -0.05) is 0 Å². The summed E-state index contributed by atoms with van der Waals surface area (Å²) < 4.78 is 27.7. The standard InChI is InChI=1S/C26H34F2N4/c1-29-14-16-30(17-15-29)11-2-3-12-31-13-10-26-24(19-31)23-18-21(28)6-9-25(23)32(26)22-7-4-20(27)5-8-22/h4-9,18,24,26H,2-3,10-17,19H2,1H3/t24-,26+/m0/s1. The predicted molar refractivity (Wildman–Crippen MR) is 126 cm³/mol. The summed E-state index contributed by atoms with van der Waals surface area (Å²) in [6.07, 6.45) is 3.49. The molecular formula is C26H34F2N4. The van der Waals surface area contributed by atoms with Crippen molar-refractivity contribution in [3.8, 4) is 0 Å². The number of rotatable bonds is 6. The van der Waals surface area contributed by atoms with E-state index in [-0.39, 0.29) is 17.6 Å². The first-order chi connectivity index (χ1) is 15.6. The van der Waals surface area contributed by atoms with Crippen molar-refractivity contribution in [3.63, 3.8) is 0 Å². The van der Waals surface area contributed by atoms with Crippen molar-refractivity contribution >= 4 is 11.4 Å². The van der Waals surface area contributed by atoms with Gasteiger partial charge in [-0.3, -0.25) is 0 Å². The van der Waals surface area contributed by atoms with E-state index in [2.05, 4.69) is 26.6 Å². The minimum atomic E-state index is -0.227. The van der Waals surface area contributed by atoms with Crippen LogP contribution in [0.25, 0.3) is 0 Å². The van der Waals surface area contributed by atoms with Crippen molar-refractivity contribution in [1.29, 1.82) is 0 Å². The molecule has 0 radical (unpaired) electrons. The molecule has 6 heteroatoms. The lowest BCUT2D eigenvalue weighted by Gasteiger charge is -2.39. The van der Waals surface area contributed by atoms with Gasteiger partial charge in [0.15, 0.2) is 0 Å². The molecule has 2 atom stereocenters. The average molecular weight is 441 g/mol. The van der Waals surface area contributed by atoms with Gasteiger partial charge in [-0.25, -0.2) is 8.78 Å². The molecule has 32 heavy (non-hydrogen) atoms. The molecule has 2 saturated heterocycles. The number of hydrogen-bond donors (Lipinski definition) is 0. The molecule has 0 unspecified atom stereocenters. The number of nitrogens with zero attached hydrogens (tertiary/aromatic N) is 4. The molecule has 172 valence electrons. The maximum Gasteiger partial charge on any atom is 0.123 e. The quantitative estimate of drug-likeness (QED) is 0.621. The Morgan fingerprint density at radius 3 is 2.25 bits per heavy atom. The Balaban J connectivity index is 1.22. The van der Waals surface area contributed by atoms with Gasteiger partial charge in [0.2, 0.25) is 0 Å². The molecule has 3 aliphatic rings. The minimum absolute atomic E-state index is 0.173. The number of halogens is 2. The van der Waals surface area contributed by atoms with E-state index >= 15 is 0 Å². The maximum absolute atomic E-state index is 14.2. The number of piperidine rings is 1. The summed E-state index contributed by atoms with van der Waals surface area (Å²) in [6.45, 7) is 9.05. The number of piperazine rings is 1. The number of unbranched alkanes of at least 4 members (excludes halogenated alkanes) is 1. The second kappa shape index (κ2) is 9.46. The van der Waals surface area contributed by atoms with Crippen LogP contribution in [0.2, 0.25) is 0 Å². The third-order valence-corrected chi connectivity index (χ3v) is 7.54. The van der Waals surface area contributed by atoms with Gasteiger partial charge in [-0.2, -0.15) is 0 Å². The molecule has 5 rings (SSSR count). The highest BCUT2D eigenvalue weighted by molar-refractivity contribution is 5.73.